The van der Waals surface area contributed by atoms with E-state index in [-0.39, 0.29) is 0 Å². The fourth-order valence-electron chi connectivity index (χ4n) is 0. The molecule has 0 saturated heterocycles. The van der Waals surface area contributed by atoms with Crippen molar-refractivity contribution in [1.29, 1.82) is 0 Å². The van der Waals surface area contributed by atoms with Gasteiger partial charge in [0.05, 0.1) is 0 Å². The Morgan fingerprint density at radius 1 is 0.571 bits per heavy atom. The molecule has 0 heterocycles. The Bertz CT molecular complexity index is 62.7. The van der Waals surface area contributed by atoms with Crippen molar-refractivity contribution in [3.05, 3.63) is 0 Å². The molecule has 0 aromatic rings. The Hall–Kier alpha value is 0.422. The molecule has 0 unspecified atom stereocenters. The third-order valence-electron chi connectivity index (χ3n) is 0. The van der Waals surface area contributed by atoms with Crippen LogP contribution >= 0.6 is 0 Å². The predicted molar refractivity (Wildman–Crippen MR) is 25.1 cm³/mol. The Balaban J connectivity index is 4.43. The summed E-state index contributed by atoms with van der Waals surface area (Å²) in [7, 11) is 0. The van der Waals surface area contributed by atoms with Gasteiger partial charge in [-0.25, -0.2) is 0 Å². The molecule has 0 radical (unpaired) electrons. The molecule has 0 aliphatic heterocycles. The van der Waals surface area contributed by atoms with Gasteiger partial charge in [0, 0.05) is 0 Å². The first-order valence-electron chi connectivity index (χ1n) is 1.10. The molecule has 0 amide bonds. The van der Waals surface area contributed by atoms with Crippen molar-refractivity contribution in [2.75, 3.05) is 0 Å². The molecule has 12 N–H and O–H groups in total. The minimum atomic E-state index is -4.92. The first-order valence-corrected chi connectivity index (χ1v) is 6.48. The normalized spacial score (nSPS) is 23.1. The van der Waals surface area contributed by atoms with E-state index in [0.717, 1.165) is 0 Å². The first-order chi connectivity index (χ1) is 2.45. The number of hydrogen-bond acceptors (Lipinski definition) is 6. The maximum absolute atomic E-state index is 4.92. The molecule has 0 aromatic heterocycles. The third-order valence-corrected chi connectivity index (χ3v) is 0. The van der Waals surface area contributed by atoms with Gasteiger partial charge in [-0.3, -0.25) is 0 Å². The van der Waals surface area contributed by atoms with Crippen molar-refractivity contribution in [1.82, 2.24) is 0 Å². The molecule has 0 saturated carbocycles. The molecule has 7 heavy (non-hydrogen) atoms. The summed E-state index contributed by atoms with van der Waals surface area (Å²) in [5, 5.41) is 0. The number of nitrogens with two attached hydrogens (primary N) is 6. The van der Waals surface area contributed by atoms with Crippen LogP contribution < -0.4 is 26.2 Å². The molecule has 52 valence electrons. The zero-order chi connectivity index (χ0) is 6.41. The zero-order valence-corrected chi connectivity index (χ0v) is 5.33. The van der Waals surface area contributed by atoms with Crippen LogP contribution in [0.1, 0.15) is 0 Å². The van der Waals surface area contributed by atoms with Gasteiger partial charge in [-0.2, -0.15) is 0 Å². The Morgan fingerprint density at radius 3 is 0.571 bits per heavy atom. The van der Waals surface area contributed by atoms with Crippen LogP contribution in [0.15, 0.2) is 0 Å². The second-order valence-corrected chi connectivity index (χ2v) is 9.35. The molecule has 0 aliphatic rings. The van der Waals surface area contributed by atoms with Gasteiger partial charge in [0.25, 0.3) is 0 Å². The molecule has 0 aromatic carbocycles. The topological polar surface area (TPSA) is 156 Å². The van der Waals surface area contributed by atoms with Crippen LogP contribution in [0.25, 0.3) is 0 Å². The summed E-state index contributed by atoms with van der Waals surface area (Å²) in [6.45, 7) is 0. The summed E-state index contributed by atoms with van der Waals surface area (Å²) in [4.78, 5) is 0. The van der Waals surface area contributed by atoms with Gasteiger partial charge in [-0.1, -0.05) is 0 Å². The van der Waals surface area contributed by atoms with Gasteiger partial charge in [0.15, 0.2) is 0 Å². The Labute approximate surface area is 41.4 Å². The van der Waals surface area contributed by atoms with E-state index in [4.69, 9.17) is 26.2 Å². The zero-order valence-electron chi connectivity index (χ0n) is 3.78. The van der Waals surface area contributed by atoms with Crippen LogP contribution in [0.3, 0.4) is 0 Å². The van der Waals surface area contributed by atoms with Gasteiger partial charge < -0.3 is 0 Å². The monoisotopic (exact) mass is 202 g/mol. The Kier molecular flexibility index (Phi) is 0.842. The fourth-order valence-corrected chi connectivity index (χ4v) is 0. The van der Waals surface area contributed by atoms with Crippen LogP contribution in [0.4, 0.5) is 0 Å². The summed E-state index contributed by atoms with van der Waals surface area (Å²) in [5.41, 5.74) is 0. The average molecular weight is 203 g/mol. The van der Waals surface area contributed by atoms with E-state index >= 15 is 0 Å². The maximum atomic E-state index is 4.89. The Morgan fingerprint density at radius 2 is 0.571 bits per heavy atom. The van der Waals surface area contributed by atoms with Crippen LogP contribution in [-0.4, -0.2) is 0 Å². The number of rotatable bonds is 0. The van der Waals surface area contributed by atoms with E-state index in [2.05, 4.69) is 0 Å². The van der Waals surface area contributed by atoms with Gasteiger partial charge in [0.1, 0.15) is 0 Å². The molecule has 0 atom stereocenters. The summed E-state index contributed by atoms with van der Waals surface area (Å²) < 4.78 is 29.4. The van der Waals surface area contributed by atoms with Crippen LogP contribution in [0, 0.1) is 0 Å². The summed E-state index contributed by atoms with van der Waals surface area (Å²) >= 11 is -4.92. The summed E-state index contributed by atoms with van der Waals surface area (Å²) in [6.07, 6.45) is 0. The summed E-state index contributed by atoms with van der Waals surface area (Å²) in [5.74, 6) is 0. The van der Waals surface area contributed by atoms with Gasteiger partial charge in [0.2, 0.25) is 0 Å². The van der Waals surface area contributed by atoms with E-state index < -0.39 is 14.6 Å². The van der Waals surface area contributed by atoms with Crippen LogP contribution in [0.5, 0.6) is 0 Å². The predicted octanol–water partition coefficient (Wildman–Crippen LogP) is -3.55. The standard InChI is InChI=1S/6H2N.Pd/h6*1H2;/q6*-1;+6. The molecule has 0 spiro atoms. The number of hydrogen-bond donors (Lipinski definition) is 6. The third kappa shape index (κ3) is 704. The molecule has 0 rings (SSSR count). The van der Waals surface area contributed by atoms with E-state index in [0.29, 0.717) is 0 Å². The van der Waals surface area contributed by atoms with Gasteiger partial charge >= 0.3 is 40.8 Å². The van der Waals surface area contributed by atoms with Crippen LogP contribution in [0.2, 0.25) is 0 Å². The van der Waals surface area contributed by atoms with E-state index in [9.17, 15) is 0 Å². The molecular formula is H12N6Pd. The van der Waals surface area contributed by atoms with E-state index in [1.807, 2.05) is 0 Å². The molecule has 7 heteroatoms. The fraction of sp³-hybridized carbons (Fsp3) is 0. The van der Waals surface area contributed by atoms with Gasteiger partial charge in [-0.15, -0.1) is 0 Å². The van der Waals surface area contributed by atoms with Crippen molar-refractivity contribution >= 4 is 0 Å². The molecule has 6 nitrogen and oxygen atoms in total. The quantitative estimate of drug-likeness (QED) is 0.223. The second-order valence-electron chi connectivity index (χ2n) is 1.58. The molecule has 0 fully saturated rings. The average Bonchev–Trinajstić information content (AvgIpc) is 0.592. The van der Waals surface area contributed by atoms with E-state index in [1.54, 1.807) is 0 Å². The first kappa shape index (κ1) is 7.42. The van der Waals surface area contributed by atoms with Crippen molar-refractivity contribution in [2.24, 2.45) is 26.2 Å². The molecular weight excluding hydrogens is 190 g/mol. The summed E-state index contributed by atoms with van der Waals surface area (Å²) in [6, 6.07) is 0. The molecule has 0 aliphatic carbocycles. The van der Waals surface area contributed by atoms with Crippen molar-refractivity contribution < 1.29 is 14.6 Å². The van der Waals surface area contributed by atoms with Crippen molar-refractivity contribution in [2.45, 2.75) is 0 Å². The SMILES string of the molecule is [NH2][Pd]([NH2])([NH2])([NH2])([NH2])[NH2]. The van der Waals surface area contributed by atoms with Gasteiger partial charge in [-0.05, 0) is 0 Å². The van der Waals surface area contributed by atoms with Crippen molar-refractivity contribution in [3.8, 4) is 0 Å². The molecule has 0 bridgehead atoms. The minimum absolute atomic E-state index is 4.89. The van der Waals surface area contributed by atoms with Crippen molar-refractivity contribution in [3.63, 3.8) is 0 Å². The van der Waals surface area contributed by atoms with E-state index in [1.165, 1.54) is 0 Å². The van der Waals surface area contributed by atoms with Crippen LogP contribution in [-0.2, 0) is 14.6 Å². The second kappa shape index (κ2) is 0.794.